The fourth-order valence-electron chi connectivity index (χ4n) is 5.18. The molecule has 0 aliphatic carbocycles. The number of carboxylic acid groups (broad SMARTS) is 1. The lowest BCUT2D eigenvalue weighted by molar-refractivity contribution is 0.0136. The standard InChI is InChI=1S/C32H39N5O8/c1-31(2,3)44-29(41)35-13-11-34(12-14-35)15-16-43-22-8-10-24-20(17-22)18-26(36(24)30(42)45-32(4,5)6)27-23-19-21(38)7-9-25(23)37(33-27)28(39)40/h7-10,17-19,38H,11-16H2,1-6H3,(H,39,40). The summed E-state index contributed by atoms with van der Waals surface area (Å²) in [6.07, 6.45) is -2.27. The maximum Gasteiger partial charge on any atom is 0.432 e. The minimum absolute atomic E-state index is 0.0736. The highest BCUT2D eigenvalue weighted by molar-refractivity contribution is 6.03. The zero-order valence-electron chi connectivity index (χ0n) is 26.4. The number of hydrogen-bond donors (Lipinski definition) is 2. The van der Waals surface area contributed by atoms with Crippen molar-refractivity contribution in [1.82, 2.24) is 24.1 Å². The first-order chi connectivity index (χ1) is 21.1. The number of nitrogens with zero attached hydrogens (tertiary/aromatic N) is 5. The predicted octanol–water partition coefficient (Wildman–Crippen LogP) is 5.60. The van der Waals surface area contributed by atoms with Crippen molar-refractivity contribution in [3.05, 3.63) is 42.5 Å². The van der Waals surface area contributed by atoms with E-state index in [1.54, 1.807) is 49.9 Å². The quantitative estimate of drug-likeness (QED) is 0.288. The second-order valence-electron chi connectivity index (χ2n) is 13.0. The Hall–Kier alpha value is -4.78. The van der Waals surface area contributed by atoms with Crippen molar-refractivity contribution in [3.8, 4) is 22.9 Å². The Morgan fingerprint density at radius 2 is 1.49 bits per heavy atom. The Morgan fingerprint density at radius 3 is 2.13 bits per heavy atom. The fourth-order valence-corrected chi connectivity index (χ4v) is 5.18. The van der Waals surface area contributed by atoms with E-state index in [4.69, 9.17) is 14.2 Å². The third kappa shape index (κ3) is 7.14. The van der Waals surface area contributed by atoms with Crippen LogP contribution >= 0.6 is 0 Å². The van der Waals surface area contributed by atoms with Crippen LogP contribution in [0.15, 0.2) is 42.5 Å². The van der Waals surface area contributed by atoms with Crippen LogP contribution in [0.2, 0.25) is 0 Å². The highest BCUT2D eigenvalue weighted by Gasteiger charge is 2.28. The first-order valence-electron chi connectivity index (χ1n) is 14.8. The molecule has 2 aromatic carbocycles. The zero-order valence-corrected chi connectivity index (χ0v) is 26.4. The van der Waals surface area contributed by atoms with Crippen LogP contribution < -0.4 is 4.74 Å². The summed E-state index contributed by atoms with van der Waals surface area (Å²) in [5, 5.41) is 25.3. The monoisotopic (exact) mass is 621 g/mol. The van der Waals surface area contributed by atoms with Gasteiger partial charge in [-0.3, -0.25) is 4.90 Å². The lowest BCUT2D eigenvalue weighted by Crippen LogP contribution is -2.50. The fraction of sp³-hybridized carbons (Fsp3) is 0.438. The SMILES string of the molecule is CC(C)(C)OC(=O)N1CCN(CCOc2ccc3c(c2)cc(-c2nn(C(=O)O)c4ccc(O)cc24)n3C(=O)OC(C)(C)C)CC1. The molecule has 5 rings (SSSR count). The van der Waals surface area contributed by atoms with Crippen LogP contribution in [-0.4, -0.2) is 103 Å². The number of carbonyl (C=O) groups excluding carboxylic acids is 2. The van der Waals surface area contributed by atoms with E-state index >= 15 is 0 Å². The van der Waals surface area contributed by atoms with Gasteiger partial charge in [0.25, 0.3) is 0 Å². The average Bonchev–Trinajstić information content (AvgIpc) is 3.49. The third-order valence-electron chi connectivity index (χ3n) is 7.14. The molecule has 0 saturated carbocycles. The summed E-state index contributed by atoms with van der Waals surface area (Å²) in [5.74, 6) is 0.511. The summed E-state index contributed by atoms with van der Waals surface area (Å²) >= 11 is 0. The van der Waals surface area contributed by atoms with Crippen molar-refractivity contribution >= 4 is 40.1 Å². The maximum atomic E-state index is 13.5. The summed E-state index contributed by atoms with van der Waals surface area (Å²) in [7, 11) is 0. The van der Waals surface area contributed by atoms with Crippen LogP contribution in [-0.2, 0) is 9.47 Å². The molecule has 1 saturated heterocycles. The van der Waals surface area contributed by atoms with Crippen LogP contribution in [0.3, 0.4) is 0 Å². The van der Waals surface area contributed by atoms with Gasteiger partial charge in [-0.05, 0) is 84.0 Å². The van der Waals surface area contributed by atoms with Gasteiger partial charge in [0.1, 0.15) is 35.0 Å². The summed E-state index contributed by atoms with van der Waals surface area (Å²) < 4.78 is 19.4. The van der Waals surface area contributed by atoms with Gasteiger partial charge in [0.05, 0.1) is 16.7 Å². The Morgan fingerprint density at radius 1 is 0.844 bits per heavy atom. The predicted molar refractivity (Wildman–Crippen MR) is 167 cm³/mol. The molecular weight excluding hydrogens is 582 g/mol. The number of fused-ring (bicyclic) bond motifs is 2. The van der Waals surface area contributed by atoms with E-state index in [2.05, 4.69) is 10.00 Å². The van der Waals surface area contributed by atoms with Crippen molar-refractivity contribution in [1.29, 1.82) is 0 Å². The summed E-state index contributed by atoms with van der Waals surface area (Å²) in [5.41, 5.74) is -0.0644. The molecule has 13 heteroatoms. The Balaban J connectivity index is 1.38. The molecule has 0 bridgehead atoms. The molecule has 0 spiro atoms. The number of hydrogen-bond acceptors (Lipinski definition) is 9. The molecule has 0 unspecified atom stereocenters. The van der Waals surface area contributed by atoms with E-state index in [1.807, 2.05) is 20.8 Å². The molecule has 3 heterocycles. The van der Waals surface area contributed by atoms with Crippen molar-refractivity contribution in [3.63, 3.8) is 0 Å². The third-order valence-corrected chi connectivity index (χ3v) is 7.14. The number of amides is 1. The van der Waals surface area contributed by atoms with Gasteiger partial charge in [0.15, 0.2) is 0 Å². The maximum absolute atomic E-state index is 13.5. The summed E-state index contributed by atoms with van der Waals surface area (Å²) in [6.45, 7) is 14.4. The molecule has 13 nitrogen and oxygen atoms in total. The van der Waals surface area contributed by atoms with Gasteiger partial charge < -0.3 is 29.3 Å². The van der Waals surface area contributed by atoms with Crippen molar-refractivity contribution in [2.75, 3.05) is 39.3 Å². The molecule has 45 heavy (non-hydrogen) atoms. The number of piperazine rings is 1. The van der Waals surface area contributed by atoms with Gasteiger partial charge in [-0.2, -0.15) is 9.78 Å². The highest BCUT2D eigenvalue weighted by Crippen LogP contribution is 2.36. The number of rotatable bonds is 5. The van der Waals surface area contributed by atoms with E-state index in [9.17, 15) is 24.6 Å². The lowest BCUT2D eigenvalue weighted by Gasteiger charge is -2.35. The Kier molecular flexibility index (Phi) is 8.41. The first kappa shape index (κ1) is 31.6. The number of phenols is 1. The molecule has 0 radical (unpaired) electrons. The van der Waals surface area contributed by atoms with Crippen LogP contribution in [0.5, 0.6) is 11.5 Å². The van der Waals surface area contributed by atoms with E-state index in [-0.39, 0.29) is 23.1 Å². The molecule has 1 fully saturated rings. The minimum atomic E-state index is -1.31. The van der Waals surface area contributed by atoms with Crippen molar-refractivity contribution in [2.45, 2.75) is 52.7 Å². The molecule has 0 atom stereocenters. The molecule has 2 aromatic heterocycles. The summed E-state index contributed by atoms with van der Waals surface area (Å²) in [6, 6.07) is 11.3. The average molecular weight is 622 g/mol. The van der Waals surface area contributed by atoms with Crippen LogP contribution in [0.25, 0.3) is 33.2 Å². The van der Waals surface area contributed by atoms with Gasteiger partial charge in [0.2, 0.25) is 0 Å². The lowest BCUT2D eigenvalue weighted by atomic mass is 10.1. The molecule has 1 aliphatic heterocycles. The zero-order chi connectivity index (χ0) is 32.7. The van der Waals surface area contributed by atoms with Crippen LogP contribution in [0, 0.1) is 0 Å². The van der Waals surface area contributed by atoms with Crippen molar-refractivity contribution in [2.24, 2.45) is 0 Å². The smallest absolute Gasteiger partial charge is 0.432 e. The van der Waals surface area contributed by atoms with E-state index in [0.29, 0.717) is 67.1 Å². The van der Waals surface area contributed by atoms with E-state index in [1.165, 1.54) is 22.8 Å². The van der Waals surface area contributed by atoms with Gasteiger partial charge in [-0.15, -0.1) is 0 Å². The largest absolute Gasteiger partial charge is 0.508 e. The van der Waals surface area contributed by atoms with Gasteiger partial charge in [0, 0.05) is 43.5 Å². The number of phenolic OH excluding ortho intramolecular Hbond substituents is 1. The Labute approximate surface area is 260 Å². The molecule has 4 aromatic rings. The van der Waals surface area contributed by atoms with E-state index in [0.717, 1.165) is 4.68 Å². The minimum Gasteiger partial charge on any atom is -0.508 e. The molecule has 1 amide bonds. The van der Waals surface area contributed by atoms with Gasteiger partial charge in [-0.1, -0.05) is 0 Å². The normalized spacial score (nSPS) is 14.6. The van der Waals surface area contributed by atoms with E-state index < -0.39 is 23.4 Å². The first-order valence-corrected chi connectivity index (χ1v) is 14.8. The van der Waals surface area contributed by atoms with Gasteiger partial charge >= 0.3 is 18.3 Å². The van der Waals surface area contributed by atoms with Crippen LogP contribution in [0.4, 0.5) is 14.4 Å². The highest BCUT2D eigenvalue weighted by atomic mass is 16.6. The Bertz CT molecular complexity index is 1750. The number of benzene rings is 2. The van der Waals surface area contributed by atoms with Crippen molar-refractivity contribution < 1.29 is 38.8 Å². The second-order valence-corrected chi connectivity index (χ2v) is 13.0. The number of ether oxygens (including phenoxy) is 3. The second kappa shape index (κ2) is 12.0. The number of aromatic nitrogens is 3. The summed E-state index contributed by atoms with van der Waals surface area (Å²) in [4.78, 5) is 41.8. The molecule has 2 N–H and O–H groups in total. The van der Waals surface area contributed by atoms with Gasteiger partial charge in [-0.25, -0.2) is 19.0 Å². The number of aromatic hydroxyl groups is 1. The topological polar surface area (TPSA) is 149 Å². The molecular formula is C32H39N5O8. The molecule has 1 aliphatic rings. The number of carbonyl (C=O) groups is 3. The van der Waals surface area contributed by atoms with Crippen LogP contribution in [0.1, 0.15) is 41.5 Å². The molecule has 240 valence electrons.